The van der Waals surface area contributed by atoms with Gasteiger partial charge in [0.05, 0.1) is 6.07 Å². The predicted molar refractivity (Wildman–Crippen MR) is 62.6 cm³/mol. The average molecular weight is 281 g/mol. The normalized spacial score (nSPS) is 14.6. The molecule has 16 heavy (non-hydrogen) atoms. The smallest absolute Gasteiger partial charge is 0.170 e. The van der Waals surface area contributed by atoms with Gasteiger partial charge in [-0.25, -0.2) is 0 Å². The highest BCUT2D eigenvalue weighted by atomic mass is 79.9. The molecule has 1 aromatic carbocycles. The first kappa shape index (κ1) is 11.1. The molecule has 0 saturated carbocycles. The van der Waals surface area contributed by atoms with Crippen molar-refractivity contribution in [2.45, 2.75) is 12.2 Å². The number of hydrogen-bond donors (Lipinski definition) is 3. The monoisotopic (exact) mass is 280 g/mol. The minimum absolute atomic E-state index is 0.519. The Bertz CT molecular complexity index is 559. The van der Waals surface area contributed by atoms with Crippen molar-refractivity contribution in [2.24, 2.45) is 0 Å². The first-order valence-corrected chi connectivity index (χ1v) is 5.45. The van der Waals surface area contributed by atoms with Crippen molar-refractivity contribution >= 4 is 26.8 Å². The highest BCUT2D eigenvalue weighted by Gasteiger charge is 2.20. The van der Waals surface area contributed by atoms with E-state index in [2.05, 4.69) is 20.9 Å². The number of nitrogens with one attached hydrogen (secondary N) is 1. The van der Waals surface area contributed by atoms with Crippen molar-refractivity contribution in [3.8, 4) is 6.07 Å². The number of aliphatic hydroxyl groups excluding tert-OH is 2. The molecule has 2 unspecified atom stereocenters. The van der Waals surface area contributed by atoms with Gasteiger partial charge in [0.25, 0.3) is 0 Å². The molecule has 0 fully saturated rings. The second-order valence-electron chi connectivity index (χ2n) is 3.45. The van der Waals surface area contributed by atoms with Gasteiger partial charge >= 0.3 is 0 Å². The van der Waals surface area contributed by atoms with E-state index in [0.29, 0.717) is 5.56 Å². The summed E-state index contributed by atoms with van der Waals surface area (Å²) in [5, 5.41) is 28.4. The molecule has 2 rings (SSSR count). The molecular weight excluding hydrogens is 272 g/mol. The Morgan fingerprint density at radius 2 is 2.12 bits per heavy atom. The summed E-state index contributed by atoms with van der Waals surface area (Å²) in [6.45, 7) is 0. The molecule has 5 heteroatoms. The quantitative estimate of drug-likeness (QED) is 0.735. The fraction of sp³-hybridized carbons (Fsp3) is 0.182. The first-order valence-electron chi connectivity index (χ1n) is 4.66. The number of aromatic amines is 1. The van der Waals surface area contributed by atoms with Crippen LogP contribution in [-0.2, 0) is 0 Å². The lowest BCUT2D eigenvalue weighted by molar-refractivity contribution is 0.0538. The standard InChI is InChI=1S/C11H9BrN2O2/c12-6-1-2-9-7(3-6)8(5-14-9)11(16)10(15)4-13/h1-3,5,10-11,14-16H. The van der Waals surface area contributed by atoms with E-state index in [1.807, 2.05) is 18.2 Å². The highest BCUT2D eigenvalue weighted by molar-refractivity contribution is 9.10. The van der Waals surface area contributed by atoms with Crippen molar-refractivity contribution in [3.63, 3.8) is 0 Å². The zero-order chi connectivity index (χ0) is 11.7. The lowest BCUT2D eigenvalue weighted by atomic mass is 10.0. The molecule has 0 spiro atoms. The molecule has 0 aliphatic heterocycles. The van der Waals surface area contributed by atoms with Crippen LogP contribution in [0.15, 0.2) is 28.9 Å². The summed E-state index contributed by atoms with van der Waals surface area (Å²) >= 11 is 3.33. The average Bonchev–Trinajstić information content (AvgIpc) is 2.69. The molecule has 2 aromatic rings. The number of aliphatic hydroxyl groups is 2. The maximum absolute atomic E-state index is 9.76. The van der Waals surface area contributed by atoms with Crippen molar-refractivity contribution in [1.29, 1.82) is 5.26 Å². The molecule has 3 N–H and O–H groups in total. The van der Waals surface area contributed by atoms with Gasteiger partial charge in [0, 0.05) is 27.1 Å². The summed E-state index contributed by atoms with van der Waals surface area (Å²) in [6.07, 6.45) is -1.02. The minimum atomic E-state index is -1.42. The number of nitrogens with zero attached hydrogens (tertiary/aromatic N) is 1. The number of H-pyrrole nitrogens is 1. The van der Waals surface area contributed by atoms with Gasteiger partial charge < -0.3 is 15.2 Å². The summed E-state index contributed by atoms with van der Waals surface area (Å²) in [5.74, 6) is 0. The maximum atomic E-state index is 9.76. The SMILES string of the molecule is N#CC(O)C(O)c1c[nH]c2ccc(Br)cc12. The molecular formula is C11H9BrN2O2. The van der Waals surface area contributed by atoms with Crippen LogP contribution in [0.4, 0.5) is 0 Å². The van der Waals surface area contributed by atoms with Gasteiger partial charge in [-0.05, 0) is 18.2 Å². The number of fused-ring (bicyclic) bond motifs is 1. The molecule has 4 nitrogen and oxygen atoms in total. The van der Waals surface area contributed by atoms with Crippen LogP contribution in [0.2, 0.25) is 0 Å². The third-order valence-electron chi connectivity index (χ3n) is 2.43. The van der Waals surface area contributed by atoms with E-state index in [9.17, 15) is 10.2 Å². The largest absolute Gasteiger partial charge is 0.384 e. The number of aromatic nitrogens is 1. The number of halogens is 1. The van der Waals surface area contributed by atoms with E-state index in [4.69, 9.17) is 5.26 Å². The van der Waals surface area contributed by atoms with Gasteiger partial charge in [0.2, 0.25) is 0 Å². The van der Waals surface area contributed by atoms with E-state index >= 15 is 0 Å². The zero-order valence-electron chi connectivity index (χ0n) is 8.18. The van der Waals surface area contributed by atoms with Crippen molar-refractivity contribution in [3.05, 3.63) is 34.4 Å². The Kier molecular flexibility index (Phi) is 2.97. The van der Waals surface area contributed by atoms with Crippen LogP contribution in [-0.4, -0.2) is 21.3 Å². The van der Waals surface area contributed by atoms with Gasteiger partial charge in [-0.3, -0.25) is 0 Å². The molecule has 0 bridgehead atoms. The van der Waals surface area contributed by atoms with Gasteiger partial charge in [0.1, 0.15) is 6.10 Å². The highest BCUT2D eigenvalue weighted by Crippen LogP contribution is 2.28. The second kappa shape index (κ2) is 4.26. The lowest BCUT2D eigenvalue weighted by Gasteiger charge is -2.10. The van der Waals surface area contributed by atoms with Gasteiger partial charge in [-0.15, -0.1) is 0 Å². The Morgan fingerprint density at radius 3 is 2.81 bits per heavy atom. The summed E-state index contributed by atoms with van der Waals surface area (Å²) < 4.78 is 0.875. The van der Waals surface area contributed by atoms with Crippen LogP contribution < -0.4 is 0 Å². The van der Waals surface area contributed by atoms with E-state index in [-0.39, 0.29) is 0 Å². The fourth-order valence-corrected chi connectivity index (χ4v) is 1.96. The van der Waals surface area contributed by atoms with Gasteiger partial charge in [-0.1, -0.05) is 15.9 Å². The van der Waals surface area contributed by atoms with Gasteiger partial charge in [0.15, 0.2) is 6.10 Å². The minimum Gasteiger partial charge on any atom is -0.384 e. The van der Waals surface area contributed by atoms with Crippen LogP contribution in [0.25, 0.3) is 10.9 Å². The topological polar surface area (TPSA) is 80.0 Å². The Morgan fingerprint density at radius 1 is 1.38 bits per heavy atom. The predicted octanol–water partition coefficient (Wildman–Crippen LogP) is 1.85. The van der Waals surface area contributed by atoms with Gasteiger partial charge in [-0.2, -0.15) is 5.26 Å². The third-order valence-corrected chi connectivity index (χ3v) is 2.92. The molecule has 0 radical (unpaired) electrons. The lowest BCUT2D eigenvalue weighted by Crippen LogP contribution is -2.15. The molecule has 0 amide bonds. The van der Waals surface area contributed by atoms with E-state index in [1.54, 1.807) is 12.3 Å². The zero-order valence-corrected chi connectivity index (χ0v) is 9.77. The molecule has 1 heterocycles. The molecule has 0 aliphatic carbocycles. The molecule has 2 atom stereocenters. The summed E-state index contributed by atoms with van der Waals surface area (Å²) in [5.41, 5.74) is 1.37. The van der Waals surface area contributed by atoms with Crippen molar-refractivity contribution in [2.75, 3.05) is 0 Å². The number of benzene rings is 1. The van der Waals surface area contributed by atoms with E-state index in [0.717, 1.165) is 15.4 Å². The van der Waals surface area contributed by atoms with Crippen LogP contribution in [0, 0.1) is 11.3 Å². The van der Waals surface area contributed by atoms with Crippen molar-refractivity contribution < 1.29 is 10.2 Å². The molecule has 0 aliphatic rings. The summed E-state index contributed by atoms with van der Waals surface area (Å²) in [6, 6.07) is 7.17. The second-order valence-corrected chi connectivity index (χ2v) is 4.37. The fourth-order valence-electron chi connectivity index (χ4n) is 1.60. The molecule has 82 valence electrons. The maximum Gasteiger partial charge on any atom is 0.170 e. The summed E-state index contributed by atoms with van der Waals surface area (Å²) in [7, 11) is 0. The van der Waals surface area contributed by atoms with Crippen LogP contribution >= 0.6 is 15.9 Å². The van der Waals surface area contributed by atoms with Crippen LogP contribution in [0.1, 0.15) is 11.7 Å². The number of rotatable bonds is 2. The number of hydrogen-bond acceptors (Lipinski definition) is 3. The molecule has 1 aromatic heterocycles. The Labute approximate surface area is 100 Å². The Balaban J connectivity index is 2.53. The van der Waals surface area contributed by atoms with Crippen LogP contribution in [0.5, 0.6) is 0 Å². The molecule has 0 saturated heterocycles. The van der Waals surface area contributed by atoms with Crippen molar-refractivity contribution in [1.82, 2.24) is 4.98 Å². The number of nitriles is 1. The van der Waals surface area contributed by atoms with E-state index in [1.165, 1.54) is 0 Å². The van der Waals surface area contributed by atoms with E-state index < -0.39 is 12.2 Å². The summed E-state index contributed by atoms with van der Waals surface area (Å²) in [4.78, 5) is 2.97. The van der Waals surface area contributed by atoms with Crippen LogP contribution in [0.3, 0.4) is 0 Å². The Hall–Kier alpha value is -1.35. The third kappa shape index (κ3) is 1.83. The first-order chi connectivity index (χ1) is 7.63.